The van der Waals surface area contributed by atoms with Crippen molar-refractivity contribution in [3.63, 3.8) is 0 Å². The SMILES string of the molecule is CCOC(=O)c1c(C)cc[nH]c1=O. The molecule has 1 aromatic heterocycles. The third kappa shape index (κ3) is 1.96. The summed E-state index contributed by atoms with van der Waals surface area (Å²) in [5.74, 6) is -0.568. The summed E-state index contributed by atoms with van der Waals surface area (Å²) in [6.45, 7) is 3.67. The van der Waals surface area contributed by atoms with E-state index in [0.717, 1.165) is 0 Å². The van der Waals surface area contributed by atoms with Gasteiger partial charge in [-0.25, -0.2) is 4.79 Å². The molecule has 0 saturated heterocycles. The first kappa shape index (κ1) is 9.51. The van der Waals surface area contributed by atoms with E-state index in [1.54, 1.807) is 19.9 Å². The Labute approximate surface area is 75.5 Å². The minimum absolute atomic E-state index is 0.0874. The quantitative estimate of drug-likeness (QED) is 0.688. The normalized spacial score (nSPS) is 9.69. The van der Waals surface area contributed by atoms with Gasteiger partial charge in [0, 0.05) is 6.20 Å². The molecule has 0 atom stereocenters. The van der Waals surface area contributed by atoms with Crippen molar-refractivity contribution in [3.05, 3.63) is 33.7 Å². The highest BCUT2D eigenvalue weighted by Crippen LogP contribution is 2.01. The van der Waals surface area contributed by atoms with Crippen LogP contribution in [0.15, 0.2) is 17.1 Å². The maximum absolute atomic E-state index is 11.2. The number of nitrogens with one attached hydrogen (secondary N) is 1. The Kier molecular flexibility index (Phi) is 2.84. The molecule has 0 aliphatic rings. The van der Waals surface area contributed by atoms with Crippen LogP contribution in [0.3, 0.4) is 0 Å². The van der Waals surface area contributed by atoms with Gasteiger partial charge in [-0.3, -0.25) is 4.79 Å². The van der Waals surface area contributed by atoms with Crippen molar-refractivity contribution >= 4 is 5.97 Å². The average Bonchev–Trinajstić information content (AvgIpc) is 2.04. The Hall–Kier alpha value is -1.58. The van der Waals surface area contributed by atoms with Crippen LogP contribution in [0.1, 0.15) is 22.8 Å². The van der Waals surface area contributed by atoms with Crippen molar-refractivity contribution < 1.29 is 9.53 Å². The van der Waals surface area contributed by atoms with Crippen LogP contribution in [0.2, 0.25) is 0 Å². The molecule has 70 valence electrons. The molecule has 0 fully saturated rings. The van der Waals surface area contributed by atoms with Gasteiger partial charge in [0.25, 0.3) is 5.56 Å². The van der Waals surface area contributed by atoms with Crippen molar-refractivity contribution in [1.29, 1.82) is 0 Å². The van der Waals surface area contributed by atoms with Gasteiger partial charge < -0.3 is 9.72 Å². The van der Waals surface area contributed by atoms with E-state index in [0.29, 0.717) is 5.56 Å². The molecule has 4 nitrogen and oxygen atoms in total. The number of aromatic amines is 1. The molecule has 0 spiro atoms. The number of H-pyrrole nitrogens is 1. The first-order valence-electron chi connectivity index (χ1n) is 4.02. The monoisotopic (exact) mass is 181 g/mol. The molecule has 1 aromatic rings. The zero-order valence-electron chi connectivity index (χ0n) is 7.59. The van der Waals surface area contributed by atoms with E-state index in [1.165, 1.54) is 6.20 Å². The zero-order valence-corrected chi connectivity index (χ0v) is 7.59. The van der Waals surface area contributed by atoms with Crippen LogP contribution in [-0.4, -0.2) is 17.6 Å². The summed E-state index contributed by atoms with van der Waals surface area (Å²) >= 11 is 0. The smallest absolute Gasteiger partial charge is 0.344 e. The standard InChI is InChI=1S/C9H11NO3/c1-3-13-9(12)7-6(2)4-5-10-8(7)11/h4-5H,3H2,1-2H3,(H,10,11). The molecule has 0 aromatic carbocycles. The fourth-order valence-corrected chi connectivity index (χ4v) is 1.03. The van der Waals surface area contributed by atoms with Crippen molar-refractivity contribution in [2.45, 2.75) is 13.8 Å². The van der Waals surface area contributed by atoms with E-state index in [2.05, 4.69) is 4.98 Å². The summed E-state index contributed by atoms with van der Waals surface area (Å²) in [6, 6.07) is 1.66. The Morgan fingerprint density at radius 1 is 1.62 bits per heavy atom. The first-order chi connectivity index (χ1) is 6.16. The molecule has 0 saturated carbocycles. The molecule has 0 aliphatic heterocycles. The van der Waals surface area contributed by atoms with Gasteiger partial charge in [-0.1, -0.05) is 0 Å². The molecule has 13 heavy (non-hydrogen) atoms. The first-order valence-corrected chi connectivity index (χ1v) is 4.02. The molecule has 4 heteroatoms. The van der Waals surface area contributed by atoms with Crippen LogP contribution in [0.5, 0.6) is 0 Å². The van der Waals surface area contributed by atoms with E-state index in [-0.39, 0.29) is 12.2 Å². The van der Waals surface area contributed by atoms with Gasteiger partial charge >= 0.3 is 5.97 Å². The van der Waals surface area contributed by atoms with Crippen molar-refractivity contribution in [2.24, 2.45) is 0 Å². The lowest BCUT2D eigenvalue weighted by molar-refractivity contribution is 0.0523. The fraction of sp³-hybridized carbons (Fsp3) is 0.333. The van der Waals surface area contributed by atoms with Gasteiger partial charge in [0.15, 0.2) is 0 Å². The minimum atomic E-state index is -0.568. The number of aromatic nitrogens is 1. The van der Waals surface area contributed by atoms with Crippen LogP contribution in [-0.2, 0) is 4.74 Å². The number of rotatable bonds is 2. The van der Waals surface area contributed by atoms with Gasteiger partial charge in [-0.05, 0) is 25.5 Å². The van der Waals surface area contributed by atoms with Crippen LogP contribution in [0, 0.1) is 6.92 Å². The summed E-state index contributed by atoms with van der Waals surface area (Å²) in [4.78, 5) is 24.9. The molecule has 1 heterocycles. The number of ether oxygens (including phenoxy) is 1. The number of hydrogen-bond acceptors (Lipinski definition) is 3. The van der Waals surface area contributed by atoms with Crippen molar-refractivity contribution in [3.8, 4) is 0 Å². The van der Waals surface area contributed by atoms with Crippen molar-refractivity contribution in [2.75, 3.05) is 6.61 Å². The molecule has 0 unspecified atom stereocenters. The van der Waals surface area contributed by atoms with Crippen LogP contribution in [0.25, 0.3) is 0 Å². The van der Waals surface area contributed by atoms with Gasteiger partial charge in [-0.15, -0.1) is 0 Å². The van der Waals surface area contributed by atoms with Crippen LogP contribution in [0.4, 0.5) is 0 Å². The largest absolute Gasteiger partial charge is 0.462 e. The lowest BCUT2D eigenvalue weighted by Gasteiger charge is -2.02. The van der Waals surface area contributed by atoms with Gasteiger partial charge in [-0.2, -0.15) is 0 Å². The Morgan fingerprint density at radius 3 is 2.85 bits per heavy atom. The summed E-state index contributed by atoms with van der Waals surface area (Å²) in [5.41, 5.74) is 0.310. The van der Waals surface area contributed by atoms with Crippen LogP contribution < -0.4 is 5.56 Å². The summed E-state index contributed by atoms with van der Waals surface area (Å²) in [7, 11) is 0. The number of carbonyl (C=O) groups excluding carboxylic acids is 1. The molecule has 0 bridgehead atoms. The maximum Gasteiger partial charge on any atom is 0.344 e. The number of hydrogen-bond donors (Lipinski definition) is 1. The van der Waals surface area contributed by atoms with Crippen LogP contribution >= 0.6 is 0 Å². The summed E-state index contributed by atoms with van der Waals surface area (Å²) < 4.78 is 4.73. The van der Waals surface area contributed by atoms with Gasteiger partial charge in [0.1, 0.15) is 5.56 Å². The van der Waals surface area contributed by atoms with Crippen molar-refractivity contribution in [1.82, 2.24) is 4.98 Å². The Bertz CT molecular complexity index is 367. The number of esters is 1. The topological polar surface area (TPSA) is 59.2 Å². The molecular formula is C9H11NO3. The maximum atomic E-state index is 11.2. The molecule has 1 rings (SSSR count). The summed E-state index contributed by atoms with van der Waals surface area (Å²) in [6.07, 6.45) is 1.50. The molecule has 0 amide bonds. The highest BCUT2D eigenvalue weighted by Gasteiger charge is 2.13. The van der Waals surface area contributed by atoms with E-state index in [4.69, 9.17) is 4.74 Å². The second kappa shape index (κ2) is 3.89. The highest BCUT2D eigenvalue weighted by molar-refractivity contribution is 5.90. The zero-order chi connectivity index (χ0) is 9.84. The third-order valence-electron chi connectivity index (χ3n) is 1.65. The minimum Gasteiger partial charge on any atom is -0.462 e. The molecule has 1 N–H and O–H groups in total. The molecular weight excluding hydrogens is 170 g/mol. The average molecular weight is 181 g/mol. The Morgan fingerprint density at radius 2 is 2.31 bits per heavy atom. The van der Waals surface area contributed by atoms with Gasteiger partial charge in [0.05, 0.1) is 6.61 Å². The number of carbonyl (C=O) groups is 1. The molecule has 0 radical (unpaired) electrons. The van der Waals surface area contributed by atoms with E-state index in [1.807, 2.05) is 0 Å². The molecule has 0 aliphatic carbocycles. The predicted molar refractivity (Wildman–Crippen MR) is 47.8 cm³/mol. The Balaban J connectivity index is 3.13. The van der Waals surface area contributed by atoms with E-state index in [9.17, 15) is 9.59 Å². The van der Waals surface area contributed by atoms with Gasteiger partial charge in [0.2, 0.25) is 0 Å². The lowest BCUT2D eigenvalue weighted by atomic mass is 10.1. The lowest BCUT2D eigenvalue weighted by Crippen LogP contribution is -2.20. The summed E-state index contributed by atoms with van der Waals surface area (Å²) in [5, 5.41) is 0. The predicted octanol–water partition coefficient (Wildman–Crippen LogP) is 0.860. The highest BCUT2D eigenvalue weighted by atomic mass is 16.5. The van der Waals surface area contributed by atoms with E-state index >= 15 is 0 Å². The second-order valence-electron chi connectivity index (χ2n) is 2.59. The third-order valence-corrected chi connectivity index (χ3v) is 1.65. The fourth-order valence-electron chi connectivity index (χ4n) is 1.03. The number of pyridine rings is 1. The number of aryl methyl sites for hydroxylation is 1. The van der Waals surface area contributed by atoms with E-state index < -0.39 is 11.5 Å². The second-order valence-corrected chi connectivity index (χ2v) is 2.59.